The molecule has 0 saturated heterocycles. The van der Waals surface area contributed by atoms with Crippen molar-refractivity contribution in [3.63, 3.8) is 0 Å². The van der Waals surface area contributed by atoms with Gasteiger partial charge < -0.3 is 14.2 Å². The molecule has 1 aliphatic carbocycles. The van der Waals surface area contributed by atoms with E-state index in [4.69, 9.17) is 14.2 Å². The summed E-state index contributed by atoms with van der Waals surface area (Å²) in [6, 6.07) is 0. The zero-order valence-corrected chi connectivity index (χ0v) is 7.69. The highest BCUT2D eigenvalue weighted by Gasteiger charge is 2.29. The standard InChI is InChI=1S/C9H14O4/c1-7-3-8(13-6-11-2)4-9(7)12-5-10/h5,8-9H,1,3-4,6H2,2H3/t8-,9-/m1/s1. The zero-order chi connectivity index (χ0) is 9.68. The van der Waals surface area contributed by atoms with E-state index in [0.717, 1.165) is 12.0 Å². The van der Waals surface area contributed by atoms with E-state index in [1.54, 1.807) is 7.11 Å². The number of rotatable bonds is 5. The summed E-state index contributed by atoms with van der Waals surface area (Å²) in [5, 5.41) is 0. The smallest absolute Gasteiger partial charge is 0.293 e. The molecule has 0 unspecified atom stereocenters. The highest BCUT2D eigenvalue weighted by molar-refractivity contribution is 5.39. The monoisotopic (exact) mass is 186 g/mol. The molecule has 0 aromatic rings. The van der Waals surface area contributed by atoms with Gasteiger partial charge in [0.2, 0.25) is 0 Å². The third kappa shape index (κ3) is 2.82. The fraction of sp³-hybridized carbons (Fsp3) is 0.667. The third-order valence-electron chi connectivity index (χ3n) is 2.06. The predicted octanol–water partition coefficient (Wildman–Crippen LogP) is 0.867. The van der Waals surface area contributed by atoms with Gasteiger partial charge in [0, 0.05) is 13.5 Å². The summed E-state index contributed by atoms with van der Waals surface area (Å²) in [7, 11) is 1.57. The van der Waals surface area contributed by atoms with Gasteiger partial charge in [-0.3, -0.25) is 4.79 Å². The number of methoxy groups -OCH3 is 1. The average Bonchev–Trinajstić information content (AvgIpc) is 2.45. The summed E-state index contributed by atoms with van der Waals surface area (Å²) in [6.07, 6.45) is 1.31. The predicted molar refractivity (Wildman–Crippen MR) is 46.1 cm³/mol. The van der Waals surface area contributed by atoms with Crippen LogP contribution in [0, 0.1) is 0 Å². The molecule has 0 spiro atoms. The Bertz CT molecular complexity index is 190. The number of hydrogen-bond donors (Lipinski definition) is 0. The molecule has 1 rings (SSSR count). The van der Waals surface area contributed by atoms with E-state index < -0.39 is 0 Å². The minimum atomic E-state index is -0.181. The topological polar surface area (TPSA) is 44.8 Å². The molecule has 1 fully saturated rings. The minimum absolute atomic E-state index is 0.0670. The van der Waals surface area contributed by atoms with Gasteiger partial charge in [-0.2, -0.15) is 0 Å². The molecule has 0 amide bonds. The van der Waals surface area contributed by atoms with Gasteiger partial charge in [0.25, 0.3) is 6.47 Å². The summed E-state index contributed by atoms with van der Waals surface area (Å²) < 4.78 is 14.9. The van der Waals surface area contributed by atoms with Crippen LogP contribution in [0.2, 0.25) is 0 Å². The summed E-state index contributed by atoms with van der Waals surface area (Å²) in [5.74, 6) is 0. The van der Waals surface area contributed by atoms with E-state index in [1.807, 2.05) is 0 Å². The van der Waals surface area contributed by atoms with Crippen LogP contribution >= 0.6 is 0 Å². The van der Waals surface area contributed by atoms with Crippen LogP contribution in [-0.4, -0.2) is 32.6 Å². The molecule has 1 aliphatic rings. The Morgan fingerprint density at radius 1 is 1.69 bits per heavy atom. The molecule has 74 valence electrons. The van der Waals surface area contributed by atoms with Crippen molar-refractivity contribution in [1.29, 1.82) is 0 Å². The third-order valence-corrected chi connectivity index (χ3v) is 2.06. The van der Waals surface area contributed by atoms with Crippen molar-refractivity contribution >= 4 is 6.47 Å². The molecule has 0 radical (unpaired) electrons. The fourth-order valence-corrected chi connectivity index (χ4v) is 1.42. The lowest BCUT2D eigenvalue weighted by atomic mass is 10.2. The van der Waals surface area contributed by atoms with Crippen molar-refractivity contribution < 1.29 is 19.0 Å². The van der Waals surface area contributed by atoms with Crippen molar-refractivity contribution in [3.8, 4) is 0 Å². The van der Waals surface area contributed by atoms with Crippen molar-refractivity contribution in [1.82, 2.24) is 0 Å². The van der Waals surface area contributed by atoms with Crippen molar-refractivity contribution in [2.75, 3.05) is 13.9 Å². The lowest BCUT2D eigenvalue weighted by molar-refractivity contribution is -0.132. The number of hydrogen-bond acceptors (Lipinski definition) is 4. The quantitative estimate of drug-likeness (QED) is 0.363. The molecular formula is C9H14O4. The molecule has 0 aliphatic heterocycles. The molecule has 1 saturated carbocycles. The summed E-state index contributed by atoms with van der Waals surface area (Å²) in [4.78, 5) is 10.1. The van der Waals surface area contributed by atoms with Crippen molar-refractivity contribution in [3.05, 3.63) is 12.2 Å². The van der Waals surface area contributed by atoms with E-state index in [2.05, 4.69) is 6.58 Å². The molecule has 4 heteroatoms. The van der Waals surface area contributed by atoms with E-state index in [0.29, 0.717) is 12.9 Å². The Kier molecular flexibility index (Phi) is 3.92. The maximum absolute atomic E-state index is 10.1. The number of carbonyl (C=O) groups excluding carboxylic acids is 1. The Labute approximate surface area is 77.5 Å². The van der Waals surface area contributed by atoms with E-state index in [1.165, 1.54) is 0 Å². The van der Waals surface area contributed by atoms with Crippen LogP contribution in [0.3, 0.4) is 0 Å². The maximum Gasteiger partial charge on any atom is 0.293 e. The van der Waals surface area contributed by atoms with E-state index >= 15 is 0 Å². The first-order valence-corrected chi connectivity index (χ1v) is 4.15. The van der Waals surface area contributed by atoms with Crippen LogP contribution in [0.4, 0.5) is 0 Å². The summed E-state index contributed by atoms with van der Waals surface area (Å²) >= 11 is 0. The normalized spacial score (nSPS) is 27.6. The second-order valence-corrected chi connectivity index (χ2v) is 3.01. The van der Waals surface area contributed by atoms with Crippen molar-refractivity contribution in [2.24, 2.45) is 0 Å². The van der Waals surface area contributed by atoms with Crippen LogP contribution < -0.4 is 0 Å². The summed E-state index contributed by atoms with van der Waals surface area (Å²) in [6.45, 7) is 4.53. The first kappa shape index (κ1) is 10.2. The van der Waals surface area contributed by atoms with Gasteiger partial charge in [-0.1, -0.05) is 6.58 Å². The van der Waals surface area contributed by atoms with Gasteiger partial charge in [0.05, 0.1) is 6.10 Å². The maximum atomic E-state index is 10.1. The molecule has 2 atom stereocenters. The highest BCUT2D eigenvalue weighted by Crippen LogP contribution is 2.28. The van der Waals surface area contributed by atoms with Gasteiger partial charge >= 0.3 is 0 Å². The SMILES string of the molecule is C=C1C[C@@H](OCOC)C[C@H]1OC=O. The first-order chi connectivity index (χ1) is 6.27. The van der Waals surface area contributed by atoms with Crippen LogP contribution in [0.25, 0.3) is 0 Å². The molecule has 0 aromatic heterocycles. The van der Waals surface area contributed by atoms with Gasteiger partial charge in [-0.25, -0.2) is 0 Å². The van der Waals surface area contributed by atoms with Crippen molar-refractivity contribution in [2.45, 2.75) is 25.0 Å². The van der Waals surface area contributed by atoms with Crippen LogP contribution in [0.15, 0.2) is 12.2 Å². The zero-order valence-electron chi connectivity index (χ0n) is 7.69. The van der Waals surface area contributed by atoms with Crippen LogP contribution in [0.1, 0.15) is 12.8 Å². The molecule has 0 bridgehead atoms. The molecule has 13 heavy (non-hydrogen) atoms. The summed E-state index contributed by atoms with van der Waals surface area (Å²) in [5.41, 5.74) is 0.910. The minimum Gasteiger partial charge on any atom is -0.460 e. The van der Waals surface area contributed by atoms with Gasteiger partial charge in [-0.05, 0) is 12.0 Å². The largest absolute Gasteiger partial charge is 0.460 e. The fourth-order valence-electron chi connectivity index (χ4n) is 1.42. The molecule has 0 aromatic carbocycles. The molecule has 4 nitrogen and oxygen atoms in total. The Morgan fingerprint density at radius 2 is 2.46 bits per heavy atom. The van der Waals surface area contributed by atoms with Gasteiger partial charge in [0.1, 0.15) is 12.9 Å². The lowest BCUT2D eigenvalue weighted by Gasteiger charge is -2.10. The lowest BCUT2D eigenvalue weighted by Crippen LogP contribution is -2.13. The van der Waals surface area contributed by atoms with Gasteiger partial charge in [0.15, 0.2) is 0 Å². The average molecular weight is 186 g/mol. The second-order valence-electron chi connectivity index (χ2n) is 3.01. The van der Waals surface area contributed by atoms with Crippen LogP contribution in [-0.2, 0) is 19.0 Å². The molecule has 0 heterocycles. The highest BCUT2D eigenvalue weighted by atomic mass is 16.7. The Balaban J connectivity index is 2.31. The Hall–Kier alpha value is -0.870. The molecule has 0 N–H and O–H groups in total. The number of carbonyl (C=O) groups is 1. The molecular weight excluding hydrogens is 172 g/mol. The second kappa shape index (κ2) is 4.99. The first-order valence-electron chi connectivity index (χ1n) is 4.15. The van der Waals surface area contributed by atoms with E-state index in [9.17, 15) is 4.79 Å². The van der Waals surface area contributed by atoms with Gasteiger partial charge in [-0.15, -0.1) is 0 Å². The van der Waals surface area contributed by atoms with Crippen LogP contribution in [0.5, 0.6) is 0 Å². The Morgan fingerprint density at radius 3 is 3.08 bits per heavy atom. The number of ether oxygens (including phenoxy) is 3. The van der Waals surface area contributed by atoms with E-state index in [-0.39, 0.29) is 19.0 Å².